The van der Waals surface area contributed by atoms with Crippen molar-refractivity contribution < 1.29 is 4.42 Å². The SMILES string of the molecule is c1ccc(-c2ccc(-c3nc(-c4ccccc4)nc(-c4ccc(-c5ccc6c(c5)oc5ccccc56)cc4)n3)cc2)cc1. The molecule has 0 bridgehead atoms. The first-order valence-electron chi connectivity index (χ1n) is 14.3. The average Bonchev–Trinajstić information content (AvgIpc) is 3.47. The lowest BCUT2D eigenvalue weighted by molar-refractivity contribution is 0.669. The smallest absolute Gasteiger partial charge is 0.164 e. The number of hydrogen-bond acceptors (Lipinski definition) is 4. The standard InChI is InChI=1S/C39H25N3O/c1-3-9-26(10-4-1)27-15-19-30(20-16-27)38-40-37(29-11-5-2-6-12-29)41-39(42-38)31-21-17-28(18-22-31)32-23-24-34-33-13-7-8-14-35(33)43-36(34)25-32/h1-25H. The first-order chi connectivity index (χ1) is 21.3. The van der Waals surface area contributed by atoms with Gasteiger partial charge in [0.1, 0.15) is 11.2 Å². The van der Waals surface area contributed by atoms with Crippen molar-refractivity contribution in [2.24, 2.45) is 0 Å². The predicted octanol–water partition coefficient (Wildman–Crippen LogP) is 10.1. The molecule has 0 N–H and O–H groups in total. The fraction of sp³-hybridized carbons (Fsp3) is 0. The number of rotatable bonds is 5. The highest BCUT2D eigenvalue weighted by molar-refractivity contribution is 6.05. The third-order valence-corrected chi connectivity index (χ3v) is 7.77. The van der Waals surface area contributed by atoms with E-state index in [1.54, 1.807) is 0 Å². The number of benzene rings is 6. The first-order valence-corrected chi connectivity index (χ1v) is 14.3. The van der Waals surface area contributed by atoms with Crippen molar-refractivity contribution in [2.75, 3.05) is 0 Å². The molecule has 8 rings (SSSR count). The van der Waals surface area contributed by atoms with Crippen LogP contribution < -0.4 is 0 Å². The molecule has 8 aromatic rings. The second kappa shape index (κ2) is 10.5. The van der Waals surface area contributed by atoms with Gasteiger partial charge < -0.3 is 4.42 Å². The molecule has 6 aromatic carbocycles. The van der Waals surface area contributed by atoms with Crippen LogP contribution in [0.15, 0.2) is 156 Å². The molecule has 0 unspecified atom stereocenters. The maximum absolute atomic E-state index is 6.12. The first kappa shape index (κ1) is 24.9. The van der Waals surface area contributed by atoms with E-state index >= 15 is 0 Å². The van der Waals surface area contributed by atoms with Crippen molar-refractivity contribution in [3.63, 3.8) is 0 Å². The van der Waals surface area contributed by atoms with Crippen LogP contribution >= 0.6 is 0 Å². The van der Waals surface area contributed by atoms with Crippen LogP contribution in [-0.4, -0.2) is 15.0 Å². The Labute approximate surface area is 249 Å². The maximum atomic E-state index is 6.12. The van der Waals surface area contributed by atoms with Crippen LogP contribution in [0.3, 0.4) is 0 Å². The summed E-state index contributed by atoms with van der Waals surface area (Å²) in [6.45, 7) is 0. The molecule has 0 aliphatic rings. The van der Waals surface area contributed by atoms with Crippen molar-refractivity contribution in [3.8, 4) is 56.4 Å². The molecule has 0 spiro atoms. The van der Waals surface area contributed by atoms with Gasteiger partial charge in [-0.15, -0.1) is 0 Å². The largest absolute Gasteiger partial charge is 0.456 e. The van der Waals surface area contributed by atoms with Crippen molar-refractivity contribution in [3.05, 3.63) is 152 Å². The van der Waals surface area contributed by atoms with Crippen molar-refractivity contribution in [1.82, 2.24) is 15.0 Å². The van der Waals surface area contributed by atoms with Crippen molar-refractivity contribution in [2.45, 2.75) is 0 Å². The van der Waals surface area contributed by atoms with Crippen LogP contribution in [-0.2, 0) is 0 Å². The minimum atomic E-state index is 0.635. The van der Waals surface area contributed by atoms with Crippen LogP contribution in [0.4, 0.5) is 0 Å². The van der Waals surface area contributed by atoms with Gasteiger partial charge in [-0.05, 0) is 40.5 Å². The quantitative estimate of drug-likeness (QED) is 0.214. The minimum absolute atomic E-state index is 0.635. The number of para-hydroxylation sites is 1. The van der Waals surface area contributed by atoms with Gasteiger partial charge in [0, 0.05) is 27.5 Å². The number of nitrogens with zero attached hydrogens (tertiary/aromatic N) is 3. The second-order valence-corrected chi connectivity index (χ2v) is 10.5. The summed E-state index contributed by atoms with van der Waals surface area (Å²) in [5.74, 6) is 1.92. The Morgan fingerprint density at radius 3 is 1.30 bits per heavy atom. The van der Waals surface area contributed by atoms with Gasteiger partial charge in [-0.1, -0.05) is 133 Å². The van der Waals surface area contributed by atoms with Crippen LogP contribution in [0.25, 0.3) is 78.4 Å². The Bertz CT molecular complexity index is 2200. The molecule has 0 saturated heterocycles. The second-order valence-electron chi connectivity index (χ2n) is 10.5. The van der Waals surface area contributed by atoms with Crippen LogP contribution in [0.5, 0.6) is 0 Å². The van der Waals surface area contributed by atoms with E-state index in [4.69, 9.17) is 19.4 Å². The normalized spacial score (nSPS) is 11.3. The van der Waals surface area contributed by atoms with Gasteiger partial charge in [0.2, 0.25) is 0 Å². The van der Waals surface area contributed by atoms with Gasteiger partial charge in [-0.3, -0.25) is 0 Å². The lowest BCUT2D eigenvalue weighted by Crippen LogP contribution is -2.00. The predicted molar refractivity (Wildman–Crippen MR) is 174 cm³/mol. The fourth-order valence-electron chi connectivity index (χ4n) is 5.51. The number of fused-ring (bicyclic) bond motifs is 3. The molecule has 0 atom stereocenters. The van der Waals surface area contributed by atoms with Gasteiger partial charge in [0.15, 0.2) is 17.5 Å². The van der Waals surface area contributed by atoms with E-state index in [1.807, 2.05) is 54.6 Å². The van der Waals surface area contributed by atoms with E-state index in [0.717, 1.165) is 55.3 Å². The molecule has 0 radical (unpaired) electrons. The zero-order chi connectivity index (χ0) is 28.6. The molecule has 0 fully saturated rings. The Morgan fingerprint density at radius 1 is 0.302 bits per heavy atom. The minimum Gasteiger partial charge on any atom is -0.456 e. The van der Waals surface area contributed by atoms with E-state index in [0.29, 0.717) is 17.5 Å². The van der Waals surface area contributed by atoms with Gasteiger partial charge in [0.05, 0.1) is 0 Å². The molecular formula is C39H25N3O. The fourth-order valence-corrected chi connectivity index (χ4v) is 5.51. The van der Waals surface area contributed by atoms with Gasteiger partial charge in [0.25, 0.3) is 0 Å². The molecule has 4 nitrogen and oxygen atoms in total. The van der Waals surface area contributed by atoms with E-state index in [9.17, 15) is 0 Å². The summed E-state index contributed by atoms with van der Waals surface area (Å²) in [5.41, 5.74) is 9.12. The molecule has 43 heavy (non-hydrogen) atoms. The van der Waals surface area contributed by atoms with Gasteiger partial charge in [-0.2, -0.15) is 0 Å². The molecule has 2 aromatic heterocycles. The number of hydrogen-bond donors (Lipinski definition) is 0. The van der Waals surface area contributed by atoms with E-state index < -0.39 is 0 Å². The molecule has 202 valence electrons. The van der Waals surface area contributed by atoms with Crippen molar-refractivity contribution in [1.29, 1.82) is 0 Å². The molecule has 0 aliphatic carbocycles. The van der Waals surface area contributed by atoms with Crippen LogP contribution in [0.1, 0.15) is 0 Å². The summed E-state index contributed by atoms with van der Waals surface area (Å²) in [7, 11) is 0. The molecule has 0 amide bonds. The number of aromatic nitrogens is 3. The maximum Gasteiger partial charge on any atom is 0.164 e. The Hall–Kier alpha value is -5.87. The van der Waals surface area contributed by atoms with E-state index in [1.165, 1.54) is 5.56 Å². The van der Waals surface area contributed by atoms with E-state index in [-0.39, 0.29) is 0 Å². The highest BCUT2D eigenvalue weighted by atomic mass is 16.3. The van der Waals surface area contributed by atoms with Crippen LogP contribution in [0.2, 0.25) is 0 Å². The third kappa shape index (κ3) is 4.75. The summed E-state index contributed by atoms with van der Waals surface area (Å²) in [6.07, 6.45) is 0. The number of furan rings is 1. The Morgan fingerprint density at radius 2 is 0.698 bits per heavy atom. The average molecular weight is 552 g/mol. The molecule has 0 aliphatic heterocycles. The third-order valence-electron chi connectivity index (χ3n) is 7.77. The summed E-state index contributed by atoms with van der Waals surface area (Å²) in [5, 5.41) is 2.26. The zero-order valence-corrected chi connectivity index (χ0v) is 23.2. The monoisotopic (exact) mass is 551 g/mol. The molecular weight excluding hydrogens is 526 g/mol. The Balaban J connectivity index is 1.17. The van der Waals surface area contributed by atoms with Gasteiger partial charge in [-0.25, -0.2) is 15.0 Å². The lowest BCUT2D eigenvalue weighted by Gasteiger charge is -2.10. The molecule has 4 heteroatoms. The summed E-state index contributed by atoms with van der Waals surface area (Å²) in [6, 6.07) is 51.7. The Kier molecular flexibility index (Phi) is 6.08. The molecule has 2 heterocycles. The summed E-state index contributed by atoms with van der Waals surface area (Å²) >= 11 is 0. The topological polar surface area (TPSA) is 51.8 Å². The molecule has 0 saturated carbocycles. The van der Waals surface area contributed by atoms with E-state index in [2.05, 4.69) is 97.1 Å². The summed E-state index contributed by atoms with van der Waals surface area (Å²) in [4.78, 5) is 14.7. The highest BCUT2D eigenvalue weighted by Crippen LogP contribution is 2.33. The van der Waals surface area contributed by atoms with Gasteiger partial charge >= 0.3 is 0 Å². The highest BCUT2D eigenvalue weighted by Gasteiger charge is 2.13. The zero-order valence-electron chi connectivity index (χ0n) is 23.2. The van der Waals surface area contributed by atoms with Crippen LogP contribution in [0, 0.1) is 0 Å². The lowest BCUT2D eigenvalue weighted by atomic mass is 10.0. The van der Waals surface area contributed by atoms with Crippen molar-refractivity contribution >= 4 is 21.9 Å². The summed E-state index contributed by atoms with van der Waals surface area (Å²) < 4.78 is 6.12.